The van der Waals surface area contributed by atoms with E-state index in [0.717, 1.165) is 6.92 Å². The van der Waals surface area contributed by atoms with Gasteiger partial charge in [-0.3, -0.25) is 4.79 Å². The fourth-order valence-electron chi connectivity index (χ4n) is 7.23. The molecule has 0 aromatic rings. The predicted octanol–water partition coefficient (Wildman–Crippen LogP) is -9.73. The van der Waals surface area contributed by atoms with Crippen molar-refractivity contribution in [3.63, 3.8) is 0 Å². The van der Waals surface area contributed by atoms with Gasteiger partial charge in [0, 0.05) is 6.92 Å². The van der Waals surface area contributed by atoms with Crippen LogP contribution in [0.15, 0.2) is 0 Å². The number of nitrogens with one attached hydrogen (secondary N) is 1. The lowest BCUT2D eigenvalue weighted by atomic mass is 9.95. The predicted molar refractivity (Wildman–Crippen MR) is 175 cm³/mol. The van der Waals surface area contributed by atoms with E-state index in [2.05, 4.69) is 5.32 Å². The maximum atomic E-state index is 12.1. The minimum atomic E-state index is -2.10. The molecule has 15 N–H and O–H groups in total. The first-order valence-electron chi connectivity index (χ1n) is 18.3. The van der Waals surface area contributed by atoms with Gasteiger partial charge >= 0.3 is 0 Å². The summed E-state index contributed by atoms with van der Waals surface area (Å²) in [6.07, 6.45) is -42.0. The van der Waals surface area contributed by atoms with Gasteiger partial charge in [0.2, 0.25) is 5.91 Å². The van der Waals surface area contributed by atoms with Crippen LogP contribution in [0.3, 0.4) is 0 Å². The zero-order chi connectivity index (χ0) is 42.2. The second-order valence-electron chi connectivity index (χ2n) is 14.7. The van der Waals surface area contributed by atoms with Crippen molar-refractivity contribution in [3.8, 4) is 0 Å². The van der Waals surface area contributed by atoms with E-state index in [1.165, 1.54) is 13.8 Å². The van der Waals surface area contributed by atoms with Crippen LogP contribution in [0, 0.1) is 0 Å². The first-order chi connectivity index (χ1) is 26.8. The molecule has 5 fully saturated rings. The maximum absolute atomic E-state index is 12.1. The Morgan fingerprint density at radius 1 is 0.439 bits per heavy atom. The highest BCUT2D eigenvalue weighted by Crippen LogP contribution is 2.36. The van der Waals surface area contributed by atoms with Crippen LogP contribution in [0.1, 0.15) is 20.8 Å². The van der Waals surface area contributed by atoms with Crippen LogP contribution >= 0.6 is 0 Å². The molecule has 0 aliphatic carbocycles. The minimum Gasteiger partial charge on any atom is -0.394 e. The molecule has 25 heteroatoms. The van der Waals surface area contributed by atoms with Crippen molar-refractivity contribution in [1.82, 2.24) is 5.32 Å². The van der Waals surface area contributed by atoms with Crippen molar-refractivity contribution < 1.29 is 119 Å². The van der Waals surface area contributed by atoms with Gasteiger partial charge in [0.1, 0.15) is 110 Å². The molecule has 0 radical (unpaired) electrons. The van der Waals surface area contributed by atoms with Gasteiger partial charge in [-0.05, 0) is 13.8 Å². The lowest BCUT2D eigenvalue weighted by Crippen LogP contribution is -2.69. The van der Waals surface area contributed by atoms with Crippen LogP contribution in [-0.2, 0) is 47.4 Å². The van der Waals surface area contributed by atoms with E-state index in [1.807, 2.05) is 0 Å². The Bertz CT molecular complexity index is 1290. The number of aliphatic hydroxyl groups excluding tert-OH is 14. The van der Waals surface area contributed by atoms with Crippen molar-refractivity contribution in [3.05, 3.63) is 0 Å². The van der Waals surface area contributed by atoms with E-state index in [9.17, 15) is 76.3 Å². The summed E-state index contributed by atoms with van der Waals surface area (Å²) in [5.41, 5.74) is 0. The maximum Gasteiger partial charge on any atom is 0.217 e. The zero-order valence-corrected chi connectivity index (χ0v) is 30.9. The first kappa shape index (κ1) is 46.6. The molecule has 5 aliphatic rings. The normalized spacial score (nSPS) is 52.3. The number of aliphatic hydroxyl groups is 14. The minimum absolute atomic E-state index is 0.724. The van der Waals surface area contributed by atoms with Gasteiger partial charge in [-0.25, -0.2) is 0 Å². The van der Waals surface area contributed by atoms with Gasteiger partial charge < -0.3 is 119 Å². The van der Waals surface area contributed by atoms with Crippen LogP contribution in [-0.4, -0.2) is 251 Å². The average Bonchev–Trinajstić information content (AvgIpc) is 3.18. The Labute approximate surface area is 324 Å². The van der Waals surface area contributed by atoms with Crippen molar-refractivity contribution in [2.24, 2.45) is 0 Å². The summed E-state index contributed by atoms with van der Waals surface area (Å²) in [7, 11) is 0. The molecule has 332 valence electrons. The molecule has 0 saturated carbocycles. The quantitative estimate of drug-likeness (QED) is 0.0867. The van der Waals surface area contributed by atoms with E-state index in [4.69, 9.17) is 42.6 Å². The highest BCUT2D eigenvalue weighted by atomic mass is 16.8. The molecule has 1 amide bonds. The van der Waals surface area contributed by atoms with E-state index < -0.39 is 179 Å². The van der Waals surface area contributed by atoms with Crippen molar-refractivity contribution in [2.75, 3.05) is 19.8 Å². The van der Waals surface area contributed by atoms with E-state index in [0.29, 0.717) is 0 Å². The van der Waals surface area contributed by atoms with Crippen LogP contribution in [0.25, 0.3) is 0 Å². The van der Waals surface area contributed by atoms with Crippen molar-refractivity contribution in [2.45, 2.75) is 174 Å². The van der Waals surface area contributed by atoms with Gasteiger partial charge in [-0.2, -0.15) is 0 Å². The summed E-state index contributed by atoms with van der Waals surface area (Å²) in [6.45, 7) is 0.999. The third kappa shape index (κ3) is 9.71. The lowest BCUT2D eigenvalue weighted by molar-refractivity contribution is -0.409. The molecule has 5 heterocycles. The Kier molecular flexibility index (Phi) is 16.0. The molecule has 0 unspecified atom stereocenters. The summed E-state index contributed by atoms with van der Waals surface area (Å²) < 4.78 is 51.4. The SMILES string of the molecule is CC(=O)N[C@@H]1[C@H](O[C@@H]2O[C@H](CO)[C@H](O[C@@H]3O[C@H](CO)[C@@H](O)[C@H](O[C@@H]4O[C@@H](C)[C@@H](O)[C@@H](O)[C@@H]4O)[C@H]3O)[C@H](O)[C@H]2O[C@@H]2O[C@@H](C)[C@@H](O)[C@@H](O)[C@@H]2O)O[C@@H](CO)[C@@H](O)[C@H]1O. The first-order valence-corrected chi connectivity index (χ1v) is 18.3. The molecule has 5 saturated heterocycles. The number of rotatable bonds is 12. The van der Waals surface area contributed by atoms with Crippen LogP contribution < -0.4 is 5.32 Å². The molecule has 0 aromatic heterocycles. The fraction of sp³-hybridized carbons (Fsp3) is 0.969. The molecule has 25 nitrogen and oxygen atoms in total. The summed E-state index contributed by atoms with van der Waals surface area (Å²) in [5.74, 6) is -0.724. The molecule has 57 heavy (non-hydrogen) atoms. The number of hydrogen-bond acceptors (Lipinski definition) is 24. The third-order valence-corrected chi connectivity index (χ3v) is 10.6. The Hall–Kier alpha value is -1.45. The number of ether oxygens (including phenoxy) is 9. The van der Waals surface area contributed by atoms with Gasteiger partial charge in [0.15, 0.2) is 31.5 Å². The number of hydrogen-bond donors (Lipinski definition) is 15. The van der Waals surface area contributed by atoms with Crippen LogP contribution in [0.2, 0.25) is 0 Å². The highest BCUT2D eigenvalue weighted by Gasteiger charge is 2.57. The third-order valence-electron chi connectivity index (χ3n) is 10.6. The van der Waals surface area contributed by atoms with Gasteiger partial charge in [0.25, 0.3) is 0 Å². The summed E-state index contributed by atoms with van der Waals surface area (Å²) in [5, 5.41) is 150. The molecule has 5 rings (SSSR count). The van der Waals surface area contributed by atoms with Crippen molar-refractivity contribution in [1.29, 1.82) is 0 Å². The Morgan fingerprint density at radius 2 is 0.877 bits per heavy atom. The standard InChI is InChI=1S/C32H55NO24/c1-7-14(38)19(43)21(45)29(49-7)55-26-17(41)11(5-35)52-31(24(26)48)54-25-12(6-36)53-32(27(23(25)47)56-30-22(46)20(44)15(39)8(2)50-30)57-28-13(33-9(3)37)18(42)16(40)10(4-34)51-28/h7-8,10-32,34-36,38-48H,4-6H2,1-3H3,(H,33,37)/t7-,8-,10-,11+,12+,13-,14+,15+,16+,17+,18-,19+,20+,21-,22-,23-,24+,25-,26-,27+,28-,29-,30-,31-,32-/m0/s1. The molecule has 25 atom stereocenters. The fourth-order valence-corrected chi connectivity index (χ4v) is 7.23. The summed E-state index contributed by atoms with van der Waals surface area (Å²) in [4.78, 5) is 12.1. The molecule has 0 aromatic carbocycles. The van der Waals surface area contributed by atoms with Gasteiger partial charge in [0.05, 0.1) is 32.0 Å². The molecular formula is C32H55NO24. The van der Waals surface area contributed by atoms with E-state index >= 15 is 0 Å². The zero-order valence-electron chi connectivity index (χ0n) is 30.9. The van der Waals surface area contributed by atoms with E-state index in [1.54, 1.807) is 0 Å². The monoisotopic (exact) mass is 837 g/mol. The van der Waals surface area contributed by atoms with Crippen molar-refractivity contribution >= 4 is 5.91 Å². The van der Waals surface area contributed by atoms with E-state index in [-0.39, 0.29) is 0 Å². The van der Waals surface area contributed by atoms with Crippen LogP contribution in [0.4, 0.5) is 0 Å². The average molecular weight is 838 g/mol. The Balaban J connectivity index is 1.44. The molecule has 5 aliphatic heterocycles. The van der Waals surface area contributed by atoms with Gasteiger partial charge in [-0.1, -0.05) is 0 Å². The summed E-state index contributed by atoms with van der Waals surface area (Å²) in [6, 6.07) is -1.56. The Morgan fingerprint density at radius 3 is 1.39 bits per heavy atom. The van der Waals surface area contributed by atoms with Gasteiger partial charge in [-0.15, -0.1) is 0 Å². The summed E-state index contributed by atoms with van der Waals surface area (Å²) >= 11 is 0. The number of carbonyl (C=O) groups is 1. The molecule has 0 bridgehead atoms. The molecule has 0 spiro atoms. The lowest BCUT2D eigenvalue weighted by Gasteiger charge is -2.50. The smallest absolute Gasteiger partial charge is 0.217 e. The number of amides is 1. The highest BCUT2D eigenvalue weighted by molar-refractivity contribution is 5.73. The number of carbonyl (C=O) groups excluding carboxylic acids is 1. The topological polar surface area (TPSA) is 395 Å². The second kappa shape index (κ2) is 19.5. The largest absolute Gasteiger partial charge is 0.394 e. The van der Waals surface area contributed by atoms with Crippen LogP contribution in [0.5, 0.6) is 0 Å². The molecular weight excluding hydrogens is 782 g/mol. The second-order valence-corrected chi connectivity index (χ2v) is 14.7.